The van der Waals surface area contributed by atoms with Crippen LogP contribution in [0.2, 0.25) is 0 Å². The van der Waals surface area contributed by atoms with Gasteiger partial charge in [-0.3, -0.25) is 9.36 Å². The van der Waals surface area contributed by atoms with E-state index in [4.69, 9.17) is 12.2 Å². The minimum atomic E-state index is -0.0522. The zero-order valence-electron chi connectivity index (χ0n) is 22.4. The zero-order chi connectivity index (χ0) is 26.5. The highest BCUT2D eigenvalue weighted by Gasteiger charge is 2.15. The van der Waals surface area contributed by atoms with E-state index in [0.717, 1.165) is 18.4 Å². The summed E-state index contributed by atoms with van der Waals surface area (Å²) in [5.41, 5.74) is 2.34. The van der Waals surface area contributed by atoms with Crippen molar-refractivity contribution in [2.24, 2.45) is 0 Å². The van der Waals surface area contributed by atoms with Crippen molar-refractivity contribution in [3.63, 3.8) is 0 Å². The van der Waals surface area contributed by atoms with Crippen LogP contribution in [-0.2, 0) is 11.3 Å². The first-order valence-corrected chi connectivity index (χ1v) is 14.2. The van der Waals surface area contributed by atoms with Crippen LogP contribution in [0.3, 0.4) is 0 Å². The number of hydrogen-bond acceptors (Lipinski definition) is 4. The van der Waals surface area contributed by atoms with Gasteiger partial charge in [0.2, 0.25) is 10.7 Å². The summed E-state index contributed by atoms with van der Waals surface area (Å²) in [6.45, 7) is 4.70. The number of nitrogens with one attached hydrogen (secondary N) is 1. The van der Waals surface area contributed by atoms with Crippen LogP contribution in [-0.4, -0.2) is 25.4 Å². The number of anilines is 1. The number of aryl methyl sites for hydroxylation is 1. The molecule has 37 heavy (non-hydrogen) atoms. The van der Waals surface area contributed by atoms with Gasteiger partial charge in [-0.2, -0.15) is 5.10 Å². The highest BCUT2D eigenvalue weighted by atomic mass is 32.1. The normalized spacial score (nSPS) is 11.1. The van der Waals surface area contributed by atoms with Crippen molar-refractivity contribution in [2.45, 2.75) is 97.4 Å². The Kier molecular flexibility index (Phi) is 11.9. The van der Waals surface area contributed by atoms with Crippen molar-refractivity contribution >= 4 is 23.8 Å². The first kappa shape index (κ1) is 28.6. The molecule has 0 aliphatic heterocycles. The van der Waals surface area contributed by atoms with Gasteiger partial charge in [-0.15, -0.1) is 0 Å². The molecule has 0 spiro atoms. The number of carbonyl (C=O) groups is 1. The quantitative estimate of drug-likeness (QED) is 0.147. The van der Waals surface area contributed by atoms with Gasteiger partial charge in [0.1, 0.15) is 11.6 Å². The Labute approximate surface area is 226 Å². The summed E-state index contributed by atoms with van der Waals surface area (Å²) in [6, 6.07) is 15.0. The number of benzene rings is 2. The van der Waals surface area contributed by atoms with E-state index in [-0.39, 0.29) is 11.7 Å². The Morgan fingerprint density at radius 3 is 2.19 bits per heavy atom. The third kappa shape index (κ3) is 9.15. The van der Waals surface area contributed by atoms with Crippen LogP contribution in [0, 0.1) is 11.7 Å². The van der Waals surface area contributed by atoms with Gasteiger partial charge in [0.15, 0.2) is 0 Å². The molecule has 1 amide bonds. The van der Waals surface area contributed by atoms with Crippen LogP contribution >= 0.6 is 12.2 Å². The lowest BCUT2D eigenvalue weighted by Crippen LogP contribution is -2.14. The minimum absolute atomic E-state index is 0.0522. The number of aromatic nitrogens is 3. The maximum atomic E-state index is 12.7. The number of aromatic hydroxyl groups is 1. The molecule has 1 heterocycles. The highest BCUT2D eigenvalue weighted by molar-refractivity contribution is 7.71. The van der Waals surface area contributed by atoms with Crippen molar-refractivity contribution < 1.29 is 9.90 Å². The van der Waals surface area contributed by atoms with Crippen molar-refractivity contribution in [1.82, 2.24) is 14.3 Å². The minimum Gasteiger partial charge on any atom is -0.508 e. The van der Waals surface area contributed by atoms with Crippen molar-refractivity contribution in [3.05, 3.63) is 64.7 Å². The monoisotopic (exact) mass is 522 g/mol. The van der Waals surface area contributed by atoms with Crippen LogP contribution < -0.4 is 5.32 Å². The van der Waals surface area contributed by atoms with E-state index < -0.39 is 0 Å². The Morgan fingerprint density at radius 1 is 0.919 bits per heavy atom. The highest BCUT2D eigenvalue weighted by Crippen LogP contribution is 2.27. The van der Waals surface area contributed by atoms with Gasteiger partial charge in [-0.05, 0) is 43.3 Å². The van der Waals surface area contributed by atoms with Crippen LogP contribution in [0.4, 0.5) is 5.69 Å². The van der Waals surface area contributed by atoms with Gasteiger partial charge < -0.3 is 10.4 Å². The lowest BCUT2D eigenvalue weighted by molar-refractivity contribution is -0.116. The number of carbonyl (C=O) groups excluding carboxylic acids is 1. The number of hydrogen-bond donors (Lipinski definition) is 2. The number of phenolic OH excluding ortho intramolecular Hbond substituents is 1. The SMILES string of the molecule is CCCCCCCCCCCCCC(=O)Nc1cc(O)ccc1-n1c(C)nn(Cc2ccccc2)c1=S. The molecule has 6 nitrogen and oxygen atoms in total. The molecule has 0 saturated carbocycles. The molecular formula is C30H42N4O2S. The van der Waals surface area contributed by atoms with E-state index in [9.17, 15) is 9.90 Å². The Morgan fingerprint density at radius 2 is 1.54 bits per heavy atom. The maximum Gasteiger partial charge on any atom is 0.224 e. The molecule has 0 unspecified atom stereocenters. The summed E-state index contributed by atoms with van der Waals surface area (Å²) in [6.07, 6.45) is 14.2. The van der Waals surface area contributed by atoms with E-state index in [1.165, 1.54) is 57.8 Å². The number of phenols is 1. The van der Waals surface area contributed by atoms with Gasteiger partial charge in [-0.1, -0.05) is 101 Å². The average Bonchev–Trinajstić information content (AvgIpc) is 3.15. The van der Waals surface area contributed by atoms with Crippen LogP contribution in [0.1, 0.15) is 95.4 Å². The van der Waals surface area contributed by atoms with Crippen LogP contribution in [0.25, 0.3) is 5.69 Å². The van der Waals surface area contributed by atoms with E-state index in [1.54, 1.807) is 22.9 Å². The number of rotatable bonds is 16. The largest absolute Gasteiger partial charge is 0.508 e. The molecule has 1 aromatic heterocycles. The van der Waals surface area contributed by atoms with E-state index in [1.807, 2.05) is 41.8 Å². The van der Waals surface area contributed by atoms with Crippen LogP contribution in [0.5, 0.6) is 5.75 Å². The third-order valence-electron chi connectivity index (χ3n) is 6.68. The summed E-state index contributed by atoms with van der Waals surface area (Å²) in [5, 5.41) is 17.7. The topological polar surface area (TPSA) is 72.1 Å². The molecule has 0 atom stereocenters. The summed E-state index contributed by atoms with van der Waals surface area (Å²) >= 11 is 5.74. The molecule has 0 bridgehead atoms. The lowest BCUT2D eigenvalue weighted by atomic mass is 10.1. The molecular weight excluding hydrogens is 480 g/mol. The summed E-state index contributed by atoms with van der Waals surface area (Å²) < 4.78 is 4.16. The molecule has 0 aliphatic rings. The van der Waals surface area contributed by atoms with Gasteiger partial charge in [0, 0.05) is 12.5 Å². The first-order chi connectivity index (χ1) is 18.0. The second kappa shape index (κ2) is 15.4. The van der Waals surface area contributed by atoms with Crippen molar-refractivity contribution in [2.75, 3.05) is 5.32 Å². The Bertz CT molecular complexity index is 1170. The molecule has 200 valence electrons. The van der Waals surface area contributed by atoms with Crippen molar-refractivity contribution in [3.8, 4) is 11.4 Å². The average molecular weight is 523 g/mol. The number of unbranched alkanes of at least 4 members (excludes halogenated alkanes) is 10. The maximum absolute atomic E-state index is 12.7. The fraction of sp³-hybridized carbons (Fsp3) is 0.500. The van der Waals surface area contributed by atoms with Gasteiger partial charge in [0.05, 0.1) is 17.9 Å². The van der Waals surface area contributed by atoms with Crippen LogP contribution in [0.15, 0.2) is 48.5 Å². The lowest BCUT2D eigenvalue weighted by Gasteiger charge is -2.13. The predicted molar refractivity (Wildman–Crippen MR) is 154 cm³/mol. The fourth-order valence-electron chi connectivity index (χ4n) is 4.63. The fourth-order valence-corrected chi connectivity index (χ4v) is 4.97. The predicted octanol–water partition coefficient (Wildman–Crippen LogP) is 8.11. The van der Waals surface area contributed by atoms with E-state index >= 15 is 0 Å². The summed E-state index contributed by atoms with van der Waals surface area (Å²) in [7, 11) is 0. The molecule has 2 N–H and O–H groups in total. The smallest absolute Gasteiger partial charge is 0.224 e. The molecule has 0 radical (unpaired) electrons. The molecule has 0 saturated heterocycles. The van der Waals surface area contributed by atoms with E-state index in [2.05, 4.69) is 17.3 Å². The molecule has 0 fully saturated rings. The molecule has 3 rings (SSSR count). The van der Waals surface area contributed by atoms with Gasteiger partial charge >= 0.3 is 0 Å². The zero-order valence-corrected chi connectivity index (χ0v) is 23.2. The van der Waals surface area contributed by atoms with Gasteiger partial charge in [0.25, 0.3) is 0 Å². The van der Waals surface area contributed by atoms with Gasteiger partial charge in [-0.25, -0.2) is 4.68 Å². The first-order valence-electron chi connectivity index (χ1n) is 13.8. The molecule has 2 aromatic carbocycles. The second-order valence-corrected chi connectivity index (χ2v) is 10.2. The third-order valence-corrected chi connectivity index (χ3v) is 7.07. The van der Waals surface area contributed by atoms with Crippen molar-refractivity contribution in [1.29, 1.82) is 0 Å². The second-order valence-electron chi connectivity index (χ2n) is 9.84. The Hall–Kier alpha value is -2.93. The molecule has 0 aliphatic carbocycles. The number of nitrogens with zero attached hydrogens (tertiary/aromatic N) is 3. The van der Waals surface area contributed by atoms with E-state index in [0.29, 0.717) is 34.9 Å². The Balaban J connectivity index is 1.53. The molecule has 3 aromatic rings. The summed E-state index contributed by atoms with van der Waals surface area (Å²) in [5.74, 6) is 0.755. The standard InChI is InChI=1S/C30H42N4O2S/c1-3-4-5-6-7-8-9-10-11-12-16-19-29(36)31-27-22-26(35)20-21-28(27)34-24(2)32-33(30(34)37)23-25-17-14-13-15-18-25/h13-15,17-18,20-22,35H,3-12,16,19,23H2,1-2H3,(H,31,36). The number of amides is 1. The molecule has 7 heteroatoms. The summed E-state index contributed by atoms with van der Waals surface area (Å²) in [4.78, 5) is 12.7.